The Hall–Kier alpha value is -1.57. The van der Waals surface area contributed by atoms with Gasteiger partial charge in [-0.2, -0.15) is 5.10 Å². The molecule has 1 heterocycles. The van der Waals surface area contributed by atoms with E-state index in [1.54, 1.807) is 10.9 Å². The van der Waals surface area contributed by atoms with Crippen LogP contribution in [0.2, 0.25) is 0 Å². The second kappa shape index (κ2) is 2.23. The van der Waals surface area contributed by atoms with Crippen LogP contribution >= 0.6 is 0 Å². The lowest BCUT2D eigenvalue weighted by Gasteiger charge is -1.91. The maximum Gasteiger partial charge on any atom is 0.0733 e. The summed E-state index contributed by atoms with van der Waals surface area (Å²) in [4.78, 5) is 0. The molecule has 11 heavy (non-hydrogen) atoms. The van der Waals surface area contributed by atoms with E-state index in [0.29, 0.717) is 0 Å². The molecule has 2 nitrogen and oxygen atoms in total. The minimum absolute atomic E-state index is 1.10. The smallest absolute Gasteiger partial charge is 0.0733 e. The molecule has 0 atom stereocenters. The van der Waals surface area contributed by atoms with Crippen molar-refractivity contribution in [3.8, 4) is 0 Å². The summed E-state index contributed by atoms with van der Waals surface area (Å²) in [5.74, 6) is 0. The topological polar surface area (TPSA) is 17.8 Å². The fraction of sp³-hybridized carbons (Fsp3) is 0. The number of hydrogen-bond donors (Lipinski definition) is 0. The second-order valence-electron chi connectivity index (χ2n) is 2.33. The molecule has 0 aliphatic carbocycles. The summed E-state index contributed by atoms with van der Waals surface area (Å²) in [5.41, 5.74) is 1.10. The lowest BCUT2D eigenvalue weighted by molar-refractivity contribution is 0.968. The van der Waals surface area contributed by atoms with Gasteiger partial charge in [0.2, 0.25) is 0 Å². The molecule has 0 N–H and O–H groups in total. The highest BCUT2D eigenvalue weighted by Gasteiger charge is 1.95. The highest BCUT2D eigenvalue weighted by atomic mass is 15.3. The average molecular weight is 144 g/mol. The van der Waals surface area contributed by atoms with Gasteiger partial charge in [0.05, 0.1) is 11.7 Å². The van der Waals surface area contributed by atoms with Crippen molar-refractivity contribution >= 4 is 17.1 Å². The number of aromatic nitrogens is 2. The van der Waals surface area contributed by atoms with Crippen molar-refractivity contribution in [2.24, 2.45) is 0 Å². The molecule has 0 aliphatic rings. The first-order chi connectivity index (χ1) is 5.42. The van der Waals surface area contributed by atoms with Gasteiger partial charge in [-0.1, -0.05) is 24.8 Å². The molecule has 2 heteroatoms. The lowest BCUT2D eigenvalue weighted by atomic mass is 10.3. The van der Waals surface area contributed by atoms with Crippen LogP contribution in [0.3, 0.4) is 0 Å². The Morgan fingerprint density at radius 1 is 1.36 bits per heavy atom. The van der Waals surface area contributed by atoms with Gasteiger partial charge < -0.3 is 0 Å². The van der Waals surface area contributed by atoms with E-state index in [0.717, 1.165) is 10.9 Å². The fourth-order valence-corrected chi connectivity index (χ4v) is 1.14. The first-order valence-electron chi connectivity index (χ1n) is 3.46. The highest BCUT2D eigenvalue weighted by Crippen LogP contribution is 2.11. The quantitative estimate of drug-likeness (QED) is 0.599. The molecular weight excluding hydrogens is 136 g/mol. The molecule has 2 aromatic rings. The zero-order valence-electron chi connectivity index (χ0n) is 6.07. The Bertz CT molecular complexity index is 387. The summed E-state index contributed by atoms with van der Waals surface area (Å²) in [6.07, 6.45) is 3.53. The molecule has 0 amide bonds. The predicted molar refractivity (Wildman–Crippen MR) is 46.1 cm³/mol. The molecule has 0 spiro atoms. The van der Waals surface area contributed by atoms with E-state index in [1.807, 2.05) is 30.5 Å². The largest absolute Gasteiger partial charge is 0.241 e. The van der Waals surface area contributed by atoms with Gasteiger partial charge in [0.15, 0.2) is 0 Å². The summed E-state index contributed by atoms with van der Waals surface area (Å²) in [6.45, 7) is 3.65. The Labute approximate surface area is 64.8 Å². The van der Waals surface area contributed by atoms with Crippen LogP contribution in [0.5, 0.6) is 0 Å². The number of rotatable bonds is 1. The molecule has 0 saturated carbocycles. The number of hydrogen-bond acceptors (Lipinski definition) is 1. The predicted octanol–water partition coefficient (Wildman–Crippen LogP) is 2.14. The molecular formula is C9H8N2. The Kier molecular flexibility index (Phi) is 1.25. The number of para-hydroxylation sites is 1. The molecule has 1 aromatic carbocycles. The maximum atomic E-state index is 4.11. The summed E-state index contributed by atoms with van der Waals surface area (Å²) in [5, 5.41) is 5.26. The van der Waals surface area contributed by atoms with Gasteiger partial charge in [0, 0.05) is 11.6 Å². The third kappa shape index (κ3) is 0.835. The summed E-state index contributed by atoms with van der Waals surface area (Å²) in [6, 6.07) is 8.04. The molecule has 0 radical (unpaired) electrons. The second-order valence-corrected chi connectivity index (χ2v) is 2.33. The molecule has 1 aromatic heterocycles. The van der Waals surface area contributed by atoms with E-state index in [9.17, 15) is 0 Å². The number of fused-ring (bicyclic) bond motifs is 1. The first-order valence-corrected chi connectivity index (χ1v) is 3.46. The standard InChI is InChI=1S/C9H8N2/c1-2-11-9-6-4-3-5-8(9)7-10-11/h2-7H,1H2. The van der Waals surface area contributed by atoms with Gasteiger partial charge in [-0.3, -0.25) is 0 Å². The first kappa shape index (κ1) is 6.16. The van der Waals surface area contributed by atoms with Crippen molar-refractivity contribution in [1.29, 1.82) is 0 Å². The molecule has 0 saturated heterocycles. The summed E-state index contributed by atoms with van der Waals surface area (Å²) in [7, 11) is 0. The van der Waals surface area contributed by atoms with Crippen LogP contribution in [0.25, 0.3) is 17.1 Å². The van der Waals surface area contributed by atoms with Crippen LogP contribution in [-0.2, 0) is 0 Å². The van der Waals surface area contributed by atoms with Crippen LogP contribution in [0, 0.1) is 0 Å². The summed E-state index contributed by atoms with van der Waals surface area (Å²) < 4.78 is 1.76. The van der Waals surface area contributed by atoms with Crippen LogP contribution in [-0.4, -0.2) is 9.78 Å². The van der Waals surface area contributed by atoms with Crippen molar-refractivity contribution in [2.45, 2.75) is 0 Å². The molecule has 54 valence electrons. The van der Waals surface area contributed by atoms with Gasteiger partial charge in [-0.05, 0) is 6.07 Å². The number of benzene rings is 1. The van der Waals surface area contributed by atoms with Crippen molar-refractivity contribution in [3.63, 3.8) is 0 Å². The van der Waals surface area contributed by atoms with Gasteiger partial charge >= 0.3 is 0 Å². The van der Waals surface area contributed by atoms with Crippen LogP contribution in [0.1, 0.15) is 0 Å². The fourth-order valence-electron chi connectivity index (χ4n) is 1.14. The Balaban J connectivity index is 2.86. The SMILES string of the molecule is C=Cn1ncc2ccccc21. The maximum absolute atomic E-state index is 4.11. The van der Waals surface area contributed by atoms with Crippen molar-refractivity contribution in [2.75, 3.05) is 0 Å². The minimum atomic E-state index is 1.10. The summed E-state index contributed by atoms with van der Waals surface area (Å²) >= 11 is 0. The van der Waals surface area contributed by atoms with Crippen LogP contribution in [0.4, 0.5) is 0 Å². The molecule has 0 fully saturated rings. The van der Waals surface area contributed by atoms with Crippen molar-refractivity contribution in [3.05, 3.63) is 37.0 Å². The van der Waals surface area contributed by atoms with E-state index >= 15 is 0 Å². The van der Waals surface area contributed by atoms with Gasteiger partial charge in [-0.15, -0.1) is 0 Å². The zero-order chi connectivity index (χ0) is 7.68. The molecule has 0 unspecified atom stereocenters. The van der Waals surface area contributed by atoms with E-state index < -0.39 is 0 Å². The normalized spacial score (nSPS) is 10.2. The van der Waals surface area contributed by atoms with Crippen LogP contribution in [0.15, 0.2) is 37.0 Å². The third-order valence-electron chi connectivity index (χ3n) is 1.68. The number of nitrogens with zero attached hydrogens (tertiary/aromatic N) is 2. The van der Waals surface area contributed by atoms with Crippen molar-refractivity contribution < 1.29 is 0 Å². The van der Waals surface area contributed by atoms with Crippen molar-refractivity contribution in [1.82, 2.24) is 9.78 Å². The molecule has 0 aliphatic heterocycles. The molecule has 0 bridgehead atoms. The van der Waals surface area contributed by atoms with Gasteiger partial charge in [0.25, 0.3) is 0 Å². The Morgan fingerprint density at radius 2 is 2.18 bits per heavy atom. The molecule has 2 rings (SSSR count). The van der Waals surface area contributed by atoms with E-state index in [1.165, 1.54) is 0 Å². The third-order valence-corrected chi connectivity index (χ3v) is 1.68. The highest BCUT2D eigenvalue weighted by molar-refractivity contribution is 5.79. The van der Waals surface area contributed by atoms with Gasteiger partial charge in [-0.25, -0.2) is 4.68 Å². The minimum Gasteiger partial charge on any atom is -0.241 e. The van der Waals surface area contributed by atoms with E-state index in [4.69, 9.17) is 0 Å². The van der Waals surface area contributed by atoms with Gasteiger partial charge in [0.1, 0.15) is 0 Å². The monoisotopic (exact) mass is 144 g/mol. The lowest BCUT2D eigenvalue weighted by Crippen LogP contribution is -1.84. The van der Waals surface area contributed by atoms with Crippen LogP contribution < -0.4 is 0 Å². The Morgan fingerprint density at radius 3 is 3.00 bits per heavy atom. The average Bonchev–Trinajstić information content (AvgIpc) is 2.47. The van der Waals surface area contributed by atoms with E-state index in [2.05, 4.69) is 11.7 Å². The zero-order valence-corrected chi connectivity index (χ0v) is 6.07. The van der Waals surface area contributed by atoms with E-state index in [-0.39, 0.29) is 0 Å².